The van der Waals surface area contributed by atoms with Gasteiger partial charge in [-0.1, -0.05) is 32.4 Å². The molecule has 1 aliphatic rings. The van der Waals surface area contributed by atoms with Crippen LogP contribution in [0.2, 0.25) is 0 Å². The second-order valence-corrected chi connectivity index (χ2v) is 4.32. The molecule has 0 spiro atoms. The molecule has 0 heteroatoms. The smallest absolute Gasteiger partial charge is 0.0232 e. The van der Waals surface area contributed by atoms with Crippen molar-refractivity contribution in [2.24, 2.45) is 17.8 Å². The third kappa shape index (κ3) is 2.08. The fourth-order valence-corrected chi connectivity index (χ4v) is 1.82. The Morgan fingerprint density at radius 2 is 2.09 bits per heavy atom. The largest absolute Gasteiger partial charge is 0.0851 e. The minimum Gasteiger partial charge on any atom is -0.0851 e. The third-order valence-electron chi connectivity index (χ3n) is 3.12. The molecule has 0 nitrogen and oxygen atoms in total. The van der Waals surface area contributed by atoms with Gasteiger partial charge in [0.25, 0.3) is 0 Å². The monoisotopic (exact) mass is 152 g/mol. The van der Waals surface area contributed by atoms with E-state index in [0.29, 0.717) is 0 Å². The van der Waals surface area contributed by atoms with Crippen LogP contribution in [-0.2, 0) is 0 Å². The van der Waals surface area contributed by atoms with Gasteiger partial charge in [-0.25, -0.2) is 0 Å². The van der Waals surface area contributed by atoms with Crippen LogP contribution in [0.15, 0.2) is 11.6 Å². The van der Waals surface area contributed by atoms with Crippen LogP contribution in [0.25, 0.3) is 0 Å². The highest BCUT2D eigenvalue weighted by Gasteiger charge is 2.20. The lowest BCUT2D eigenvalue weighted by Gasteiger charge is -2.28. The van der Waals surface area contributed by atoms with Crippen LogP contribution in [0.1, 0.15) is 40.5 Å². The van der Waals surface area contributed by atoms with Gasteiger partial charge in [0.05, 0.1) is 0 Å². The van der Waals surface area contributed by atoms with Gasteiger partial charge in [-0.2, -0.15) is 0 Å². The van der Waals surface area contributed by atoms with Gasteiger partial charge in [-0.15, -0.1) is 0 Å². The van der Waals surface area contributed by atoms with Crippen LogP contribution in [0.5, 0.6) is 0 Å². The molecule has 0 aromatic carbocycles. The van der Waals surface area contributed by atoms with E-state index < -0.39 is 0 Å². The minimum absolute atomic E-state index is 0.830. The normalized spacial score (nSPS) is 32.3. The van der Waals surface area contributed by atoms with Gasteiger partial charge in [0.2, 0.25) is 0 Å². The second-order valence-electron chi connectivity index (χ2n) is 4.32. The van der Waals surface area contributed by atoms with Crippen molar-refractivity contribution in [1.29, 1.82) is 0 Å². The molecule has 0 aliphatic heterocycles. The average Bonchev–Trinajstić information content (AvgIpc) is 1.94. The van der Waals surface area contributed by atoms with Crippen molar-refractivity contribution in [2.45, 2.75) is 40.5 Å². The SMILES string of the molecule is CC1=CCC(C(C)C)C[C@@H]1C. The molecule has 0 aromatic heterocycles. The lowest BCUT2D eigenvalue weighted by Crippen LogP contribution is -2.16. The van der Waals surface area contributed by atoms with Crippen LogP contribution in [0.4, 0.5) is 0 Å². The molecule has 0 N–H and O–H groups in total. The zero-order valence-corrected chi connectivity index (χ0v) is 8.22. The molecule has 0 fully saturated rings. The first kappa shape index (κ1) is 8.83. The van der Waals surface area contributed by atoms with E-state index in [0.717, 1.165) is 17.8 Å². The van der Waals surface area contributed by atoms with E-state index in [-0.39, 0.29) is 0 Å². The van der Waals surface area contributed by atoms with Crippen molar-refractivity contribution in [1.82, 2.24) is 0 Å². The van der Waals surface area contributed by atoms with E-state index in [4.69, 9.17) is 0 Å². The second kappa shape index (κ2) is 3.42. The summed E-state index contributed by atoms with van der Waals surface area (Å²) < 4.78 is 0. The highest BCUT2D eigenvalue weighted by atomic mass is 14.3. The maximum Gasteiger partial charge on any atom is -0.0232 e. The van der Waals surface area contributed by atoms with Gasteiger partial charge in [0.15, 0.2) is 0 Å². The summed E-state index contributed by atoms with van der Waals surface area (Å²) in [5.41, 5.74) is 1.60. The molecule has 2 atom stereocenters. The van der Waals surface area contributed by atoms with Crippen molar-refractivity contribution in [3.8, 4) is 0 Å². The van der Waals surface area contributed by atoms with E-state index in [2.05, 4.69) is 33.8 Å². The summed E-state index contributed by atoms with van der Waals surface area (Å²) in [6.45, 7) is 9.29. The Hall–Kier alpha value is -0.260. The maximum atomic E-state index is 2.43. The van der Waals surface area contributed by atoms with Crippen molar-refractivity contribution in [3.05, 3.63) is 11.6 Å². The molecule has 1 aliphatic carbocycles. The first-order valence-corrected chi connectivity index (χ1v) is 4.78. The van der Waals surface area contributed by atoms with Gasteiger partial charge < -0.3 is 0 Å². The summed E-state index contributed by atoms with van der Waals surface area (Å²) in [5, 5.41) is 0. The number of allylic oxidation sites excluding steroid dienone is 2. The lowest BCUT2D eigenvalue weighted by molar-refractivity contribution is 0.310. The average molecular weight is 152 g/mol. The van der Waals surface area contributed by atoms with E-state index in [1.54, 1.807) is 5.57 Å². The molecule has 0 saturated heterocycles. The van der Waals surface area contributed by atoms with E-state index in [1.807, 2.05) is 0 Å². The van der Waals surface area contributed by atoms with E-state index in [1.165, 1.54) is 12.8 Å². The molecular formula is C11H20. The molecule has 1 rings (SSSR count). The lowest BCUT2D eigenvalue weighted by atomic mass is 9.78. The number of hydrogen-bond donors (Lipinski definition) is 0. The molecule has 0 amide bonds. The third-order valence-corrected chi connectivity index (χ3v) is 3.12. The van der Waals surface area contributed by atoms with Crippen LogP contribution in [0, 0.1) is 17.8 Å². The van der Waals surface area contributed by atoms with E-state index >= 15 is 0 Å². The summed E-state index contributed by atoms with van der Waals surface area (Å²) >= 11 is 0. The highest BCUT2D eigenvalue weighted by molar-refractivity contribution is 5.07. The Bertz CT molecular complexity index is 153. The van der Waals surface area contributed by atoms with Gasteiger partial charge >= 0.3 is 0 Å². The molecule has 11 heavy (non-hydrogen) atoms. The predicted molar refractivity (Wildman–Crippen MR) is 50.5 cm³/mol. The molecule has 0 bridgehead atoms. The van der Waals surface area contributed by atoms with Gasteiger partial charge in [-0.3, -0.25) is 0 Å². The zero-order valence-electron chi connectivity index (χ0n) is 8.22. The topological polar surface area (TPSA) is 0 Å². The quantitative estimate of drug-likeness (QED) is 0.503. The summed E-state index contributed by atoms with van der Waals surface area (Å²) in [4.78, 5) is 0. The minimum atomic E-state index is 0.830. The Morgan fingerprint density at radius 1 is 1.45 bits per heavy atom. The molecule has 0 heterocycles. The van der Waals surface area contributed by atoms with Crippen LogP contribution in [0.3, 0.4) is 0 Å². The number of rotatable bonds is 1. The van der Waals surface area contributed by atoms with Crippen LogP contribution >= 0.6 is 0 Å². The highest BCUT2D eigenvalue weighted by Crippen LogP contribution is 2.32. The molecule has 0 radical (unpaired) electrons. The Labute approximate surface area is 70.7 Å². The standard InChI is InChI=1S/C11H20/c1-8(2)11-6-5-9(3)10(4)7-11/h5,8,10-11H,6-7H2,1-4H3/t10-,11?/m0/s1. The number of hydrogen-bond acceptors (Lipinski definition) is 0. The van der Waals surface area contributed by atoms with Crippen molar-refractivity contribution in [2.75, 3.05) is 0 Å². The molecule has 0 aromatic rings. The molecular weight excluding hydrogens is 132 g/mol. The predicted octanol–water partition coefficient (Wildman–Crippen LogP) is 3.63. The summed E-state index contributed by atoms with van der Waals surface area (Å²) in [5.74, 6) is 2.63. The van der Waals surface area contributed by atoms with Crippen molar-refractivity contribution < 1.29 is 0 Å². The zero-order chi connectivity index (χ0) is 8.43. The summed E-state index contributed by atoms with van der Waals surface area (Å²) in [6, 6.07) is 0. The fraction of sp³-hybridized carbons (Fsp3) is 0.818. The van der Waals surface area contributed by atoms with Gasteiger partial charge in [-0.05, 0) is 37.5 Å². The molecule has 0 saturated carbocycles. The first-order valence-electron chi connectivity index (χ1n) is 4.78. The first-order chi connectivity index (χ1) is 5.11. The summed E-state index contributed by atoms with van der Waals surface area (Å²) in [6.07, 6.45) is 5.15. The van der Waals surface area contributed by atoms with Crippen LogP contribution in [-0.4, -0.2) is 0 Å². The Morgan fingerprint density at radius 3 is 2.55 bits per heavy atom. The van der Waals surface area contributed by atoms with Gasteiger partial charge in [0.1, 0.15) is 0 Å². The van der Waals surface area contributed by atoms with Crippen molar-refractivity contribution >= 4 is 0 Å². The van der Waals surface area contributed by atoms with Crippen molar-refractivity contribution in [3.63, 3.8) is 0 Å². The fourth-order valence-electron chi connectivity index (χ4n) is 1.82. The molecule has 64 valence electrons. The Kier molecular flexibility index (Phi) is 2.75. The maximum absolute atomic E-state index is 2.43. The summed E-state index contributed by atoms with van der Waals surface area (Å²) in [7, 11) is 0. The van der Waals surface area contributed by atoms with Crippen LogP contribution < -0.4 is 0 Å². The van der Waals surface area contributed by atoms with E-state index in [9.17, 15) is 0 Å². The Balaban J connectivity index is 2.55. The molecule has 1 unspecified atom stereocenters. The van der Waals surface area contributed by atoms with Gasteiger partial charge in [0, 0.05) is 0 Å².